The summed E-state index contributed by atoms with van der Waals surface area (Å²) in [4.78, 5) is 15.2. The van der Waals surface area contributed by atoms with Crippen LogP contribution in [-0.4, -0.2) is 43.7 Å². The minimum Gasteiger partial charge on any atom is -0.381 e. The maximum absolute atomic E-state index is 14.3. The van der Waals surface area contributed by atoms with Crippen molar-refractivity contribution < 1.29 is 22.3 Å². The van der Waals surface area contributed by atoms with Crippen LogP contribution in [-0.2, 0) is 32.3 Å². The maximum atomic E-state index is 14.3. The quantitative estimate of drug-likeness (QED) is 0.791. The van der Waals surface area contributed by atoms with Crippen LogP contribution in [0.5, 0.6) is 0 Å². The lowest BCUT2D eigenvalue weighted by Gasteiger charge is -2.40. The van der Waals surface area contributed by atoms with Crippen molar-refractivity contribution in [3.63, 3.8) is 0 Å². The highest BCUT2D eigenvalue weighted by Gasteiger charge is 2.54. The zero-order valence-corrected chi connectivity index (χ0v) is 16.3. The Labute approximate surface area is 164 Å². The highest BCUT2D eigenvalue weighted by Crippen LogP contribution is 2.38. The third-order valence-corrected chi connectivity index (χ3v) is 8.27. The molecule has 0 aromatic heterocycles. The molecule has 7 heteroatoms. The largest absolute Gasteiger partial charge is 0.381 e. The van der Waals surface area contributed by atoms with Gasteiger partial charge in [0, 0.05) is 31.9 Å². The van der Waals surface area contributed by atoms with Gasteiger partial charge >= 0.3 is 0 Å². The monoisotopic (exact) mass is 403 g/mol. The number of hydrogen-bond donors (Lipinski definition) is 0. The Kier molecular flexibility index (Phi) is 4.97. The first kappa shape index (κ1) is 19.1. The molecule has 5 nitrogen and oxygen atoms in total. The van der Waals surface area contributed by atoms with Crippen LogP contribution in [0.1, 0.15) is 24.0 Å². The molecule has 0 saturated carbocycles. The first-order valence-corrected chi connectivity index (χ1v) is 10.9. The molecule has 1 saturated heterocycles. The first-order chi connectivity index (χ1) is 13.5. The van der Waals surface area contributed by atoms with Crippen molar-refractivity contribution in [3.8, 4) is 0 Å². The van der Waals surface area contributed by atoms with Gasteiger partial charge in [-0.2, -0.15) is 0 Å². The van der Waals surface area contributed by atoms with E-state index in [1.165, 1.54) is 23.1 Å². The molecule has 0 bridgehead atoms. The van der Waals surface area contributed by atoms with Gasteiger partial charge in [0.2, 0.25) is 5.91 Å². The van der Waals surface area contributed by atoms with E-state index in [1.54, 1.807) is 24.3 Å². The number of amides is 1. The number of hydrogen-bond acceptors (Lipinski definition) is 4. The van der Waals surface area contributed by atoms with Crippen molar-refractivity contribution in [2.45, 2.75) is 35.4 Å². The second-order valence-electron chi connectivity index (χ2n) is 7.28. The van der Waals surface area contributed by atoms with E-state index < -0.39 is 20.5 Å². The summed E-state index contributed by atoms with van der Waals surface area (Å²) in [6.45, 7) is 0.878. The first-order valence-electron chi connectivity index (χ1n) is 9.39. The van der Waals surface area contributed by atoms with Crippen LogP contribution in [0.3, 0.4) is 0 Å². The van der Waals surface area contributed by atoms with Gasteiger partial charge in [-0.15, -0.1) is 0 Å². The average molecular weight is 403 g/mol. The van der Waals surface area contributed by atoms with Gasteiger partial charge in [0.15, 0.2) is 14.6 Å². The molecule has 2 aliphatic heterocycles. The van der Waals surface area contributed by atoms with Crippen molar-refractivity contribution in [1.29, 1.82) is 0 Å². The molecule has 0 aliphatic carbocycles. The molecule has 1 fully saturated rings. The van der Waals surface area contributed by atoms with Gasteiger partial charge in [0.25, 0.3) is 0 Å². The summed E-state index contributed by atoms with van der Waals surface area (Å²) in [7, 11) is -3.92. The van der Waals surface area contributed by atoms with Gasteiger partial charge < -0.3 is 9.64 Å². The van der Waals surface area contributed by atoms with Gasteiger partial charge in [-0.1, -0.05) is 30.3 Å². The molecular formula is C21H22FNO4S. The summed E-state index contributed by atoms with van der Waals surface area (Å²) in [5.74, 6) is -0.810. The Morgan fingerprint density at radius 2 is 1.75 bits per heavy atom. The molecule has 2 aromatic carbocycles. The van der Waals surface area contributed by atoms with E-state index in [-0.39, 0.29) is 43.3 Å². The lowest BCUT2D eigenvalue weighted by atomic mass is 9.94. The Bertz CT molecular complexity index is 985. The maximum Gasteiger partial charge on any atom is 0.244 e. The number of benzene rings is 2. The van der Waals surface area contributed by atoms with E-state index in [2.05, 4.69) is 0 Å². The number of rotatable bonds is 3. The molecule has 0 N–H and O–H groups in total. The third kappa shape index (κ3) is 3.02. The number of fused-ring (bicyclic) bond motifs is 1. The van der Waals surface area contributed by atoms with Gasteiger partial charge in [-0.3, -0.25) is 4.79 Å². The third-order valence-electron chi connectivity index (χ3n) is 5.76. The van der Waals surface area contributed by atoms with Crippen LogP contribution in [0, 0.1) is 5.82 Å². The molecule has 0 atom stereocenters. The van der Waals surface area contributed by atoms with E-state index in [0.717, 1.165) is 5.56 Å². The molecule has 2 aliphatic rings. The van der Waals surface area contributed by atoms with Crippen molar-refractivity contribution in [1.82, 2.24) is 4.90 Å². The van der Waals surface area contributed by atoms with Crippen LogP contribution in [0.15, 0.2) is 53.4 Å². The van der Waals surface area contributed by atoms with Gasteiger partial charge in [0.1, 0.15) is 5.82 Å². The van der Waals surface area contributed by atoms with E-state index in [9.17, 15) is 17.6 Å². The Hall–Kier alpha value is -2.25. The number of ether oxygens (including phenoxy) is 1. The Morgan fingerprint density at radius 1 is 1.04 bits per heavy atom. The van der Waals surface area contributed by atoms with Crippen molar-refractivity contribution >= 4 is 15.7 Å². The topological polar surface area (TPSA) is 63.7 Å². The number of sulfone groups is 1. The second-order valence-corrected chi connectivity index (χ2v) is 9.54. The van der Waals surface area contributed by atoms with Crippen molar-refractivity contribution in [2.75, 3.05) is 19.8 Å². The summed E-state index contributed by atoms with van der Waals surface area (Å²) in [5.41, 5.74) is 1.34. The predicted molar refractivity (Wildman–Crippen MR) is 102 cm³/mol. The van der Waals surface area contributed by atoms with Crippen LogP contribution < -0.4 is 0 Å². The molecule has 4 rings (SSSR count). The molecule has 0 unspecified atom stereocenters. The van der Waals surface area contributed by atoms with Gasteiger partial charge in [0.05, 0.1) is 4.90 Å². The van der Waals surface area contributed by atoms with E-state index in [1.807, 2.05) is 6.07 Å². The van der Waals surface area contributed by atoms with E-state index in [0.29, 0.717) is 18.5 Å². The van der Waals surface area contributed by atoms with Crippen molar-refractivity contribution in [3.05, 3.63) is 65.5 Å². The summed E-state index contributed by atoms with van der Waals surface area (Å²) in [6.07, 6.45) is 0.712. The van der Waals surface area contributed by atoms with Crippen molar-refractivity contribution in [2.24, 2.45) is 0 Å². The highest BCUT2D eigenvalue weighted by molar-refractivity contribution is 7.93. The normalized spacial score (nSPS) is 19.1. The van der Waals surface area contributed by atoms with Gasteiger partial charge in [-0.05, 0) is 43.0 Å². The van der Waals surface area contributed by atoms with E-state index in [4.69, 9.17) is 4.74 Å². The zero-order valence-electron chi connectivity index (χ0n) is 15.4. The minimum absolute atomic E-state index is 0.0910. The Balaban J connectivity index is 1.73. The number of carbonyl (C=O) groups excluding carboxylic acids is 1. The van der Waals surface area contributed by atoms with E-state index >= 15 is 0 Å². The molecule has 2 heterocycles. The predicted octanol–water partition coefficient (Wildman–Crippen LogP) is 2.73. The number of nitrogens with zero attached hydrogens (tertiary/aromatic N) is 1. The summed E-state index contributed by atoms with van der Waals surface area (Å²) in [5, 5.41) is 0. The zero-order chi connectivity index (χ0) is 19.8. The molecule has 0 radical (unpaired) electrons. The SMILES string of the molecule is O=C(N1CCc2cccc(F)c2C1)C1(S(=O)(=O)c2ccccc2)CCOCC1. The minimum atomic E-state index is -3.92. The lowest BCUT2D eigenvalue weighted by Crippen LogP contribution is -2.57. The smallest absolute Gasteiger partial charge is 0.244 e. The fraction of sp³-hybridized carbons (Fsp3) is 0.381. The molecule has 1 amide bonds. The fourth-order valence-corrected chi connectivity index (χ4v) is 6.16. The Morgan fingerprint density at radius 3 is 2.46 bits per heavy atom. The molecule has 28 heavy (non-hydrogen) atoms. The highest BCUT2D eigenvalue weighted by atomic mass is 32.2. The van der Waals surface area contributed by atoms with Gasteiger partial charge in [-0.25, -0.2) is 12.8 Å². The molecule has 2 aromatic rings. The number of carbonyl (C=O) groups is 1. The summed E-state index contributed by atoms with van der Waals surface area (Å²) in [6, 6.07) is 13.0. The average Bonchev–Trinajstić information content (AvgIpc) is 2.74. The van der Waals surface area contributed by atoms with Crippen LogP contribution in [0.25, 0.3) is 0 Å². The number of halogens is 1. The molecule has 0 spiro atoms. The summed E-state index contributed by atoms with van der Waals surface area (Å²) < 4.78 is 45.1. The second kappa shape index (κ2) is 7.29. The summed E-state index contributed by atoms with van der Waals surface area (Å²) >= 11 is 0. The van der Waals surface area contributed by atoms with Crippen LogP contribution in [0.4, 0.5) is 4.39 Å². The molecular weight excluding hydrogens is 381 g/mol. The standard InChI is InChI=1S/C21H22FNO4S/c22-19-8-4-5-16-9-12-23(15-18(16)19)20(24)21(10-13-27-14-11-21)28(25,26)17-6-2-1-3-7-17/h1-8H,9-15H2. The molecule has 148 valence electrons. The fourth-order valence-electron chi connectivity index (χ4n) is 4.13. The lowest BCUT2D eigenvalue weighted by molar-refractivity contribution is -0.137. The van der Waals surface area contributed by atoms with Crippen LogP contribution >= 0.6 is 0 Å². The van der Waals surface area contributed by atoms with Crippen LogP contribution in [0.2, 0.25) is 0 Å².